The van der Waals surface area contributed by atoms with Crippen molar-refractivity contribution in [2.24, 2.45) is 17.8 Å². The number of phenolic OH excluding ortho intramolecular Hbond substituents is 1. The molecule has 5 atom stereocenters. The van der Waals surface area contributed by atoms with Gasteiger partial charge in [-0.1, -0.05) is 52.3 Å². The molecule has 0 aliphatic carbocycles. The van der Waals surface area contributed by atoms with Gasteiger partial charge in [0.15, 0.2) is 0 Å². The van der Waals surface area contributed by atoms with Gasteiger partial charge in [-0.05, 0) is 67.2 Å². The van der Waals surface area contributed by atoms with Crippen LogP contribution in [0, 0.1) is 17.8 Å². The SMILES string of the molecule is CC[C@H](C)C[C@H](C)/C=C(\C)[C@@H]1O[C@@H](c2c(O)c(-c3ccc(O)cc3)c[nH]c2=O)CC[C@@H]1C. The lowest BCUT2D eigenvalue weighted by atomic mass is 9.85. The lowest BCUT2D eigenvalue weighted by molar-refractivity contribution is -0.0630. The summed E-state index contributed by atoms with van der Waals surface area (Å²) in [7, 11) is 0. The number of aromatic amines is 1. The minimum atomic E-state index is -0.467. The Bertz CT molecular complexity index is 992. The van der Waals surface area contributed by atoms with Crippen LogP contribution in [0.1, 0.15) is 72.0 Å². The summed E-state index contributed by atoms with van der Waals surface area (Å²) in [6, 6.07) is 6.54. The first-order valence-electron chi connectivity index (χ1n) is 11.8. The molecule has 0 radical (unpaired) electrons. The third-order valence-electron chi connectivity index (χ3n) is 6.78. The highest BCUT2D eigenvalue weighted by Crippen LogP contribution is 2.41. The van der Waals surface area contributed by atoms with Gasteiger partial charge in [-0.15, -0.1) is 0 Å². The van der Waals surface area contributed by atoms with Gasteiger partial charge < -0.3 is 19.9 Å². The fraction of sp³-hybridized carbons (Fsp3) is 0.519. The van der Waals surface area contributed by atoms with Gasteiger partial charge in [0.2, 0.25) is 0 Å². The van der Waals surface area contributed by atoms with E-state index >= 15 is 0 Å². The van der Waals surface area contributed by atoms with E-state index in [0.717, 1.165) is 12.8 Å². The number of nitrogens with one attached hydrogen (secondary N) is 1. The van der Waals surface area contributed by atoms with Gasteiger partial charge in [-0.3, -0.25) is 4.79 Å². The monoisotopic (exact) mass is 439 g/mol. The van der Waals surface area contributed by atoms with E-state index in [-0.39, 0.29) is 28.7 Å². The van der Waals surface area contributed by atoms with Crippen LogP contribution < -0.4 is 5.56 Å². The van der Waals surface area contributed by atoms with E-state index in [0.29, 0.717) is 35.3 Å². The van der Waals surface area contributed by atoms with E-state index < -0.39 is 6.10 Å². The molecular weight excluding hydrogens is 402 g/mol. The van der Waals surface area contributed by atoms with Gasteiger partial charge in [0.25, 0.3) is 5.56 Å². The molecule has 0 spiro atoms. The van der Waals surface area contributed by atoms with Crippen molar-refractivity contribution in [1.82, 2.24) is 4.98 Å². The number of hydrogen-bond donors (Lipinski definition) is 3. The molecule has 5 nitrogen and oxygen atoms in total. The smallest absolute Gasteiger partial charge is 0.257 e. The molecule has 1 aromatic carbocycles. The standard InChI is InChI=1S/C27H37NO4/c1-6-16(2)13-17(3)14-19(5)26-18(4)7-12-23(32-26)24-25(30)22(15-28-27(24)31)20-8-10-21(29)11-9-20/h8-11,14-18,23,26,29H,6-7,12-13H2,1-5H3,(H2,28,30,31)/b19-14+/t16-,17-,18-,23+,26+/m0/s1. The number of H-pyrrole nitrogens is 1. The summed E-state index contributed by atoms with van der Waals surface area (Å²) in [5.41, 5.74) is 2.40. The van der Waals surface area contributed by atoms with Gasteiger partial charge in [0.1, 0.15) is 11.5 Å². The number of ether oxygens (including phenoxy) is 1. The van der Waals surface area contributed by atoms with Crippen molar-refractivity contribution in [3.05, 3.63) is 58.0 Å². The van der Waals surface area contributed by atoms with E-state index in [4.69, 9.17) is 4.74 Å². The number of allylic oxidation sites excluding steroid dienone is 1. The predicted octanol–water partition coefficient (Wildman–Crippen LogP) is 6.33. The number of rotatable bonds is 7. The first kappa shape index (κ1) is 24.1. The Morgan fingerprint density at radius 1 is 1.22 bits per heavy atom. The summed E-state index contributed by atoms with van der Waals surface area (Å²) in [5, 5.41) is 20.6. The molecule has 174 valence electrons. The van der Waals surface area contributed by atoms with Crippen molar-refractivity contribution in [2.45, 2.75) is 72.5 Å². The maximum Gasteiger partial charge on any atom is 0.257 e. The van der Waals surface area contributed by atoms with E-state index in [1.165, 1.54) is 18.2 Å². The zero-order valence-electron chi connectivity index (χ0n) is 19.9. The average molecular weight is 440 g/mol. The largest absolute Gasteiger partial charge is 0.508 e. The van der Waals surface area contributed by atoms with Gasteiger partial charge in [-0.2, -0.15) is 0 Å². The Morgan fingerprint density at radius 2 is 1.91 bits per heavy atom. The van der Waals surface area contributed by atoms with Crippen molar-refractivity contribution in [1.29, 1.82) is 0 Å². The quantitative estimate of drug-likeness (QED) is 0.440. The molecule has 32 heavy (non-hydrogen) atoms. The number of benzene rings is 1. The zero-order chi connectivity index (χ0) is 23.4. The number of pyridine rings is 1. The van der Waals surface area contributed by atoms with Crippen LogP contribution in [0.3, 0.4) is 0 Å². The van der Waals surface area contributed by atoms with Crippen LogP contribution in [0.25, 0.3) is 11.1 Å². The van der Waals surface area contributed by atoms with E-state index in [1.54, 1.807) is 24.3 Å². The van der Waals surface area contributed by atoms with E-state index in [2.05, 4.69) is 45.7 Å². The fourth-order valence-electron chi connectivity index (χ4n) is 4.82. The lowest BCUT2D eigenvalue weighted by Crippen LogP contribution is -2.33. The van der Waals surface area contributed by atoms with Crippen molar-refractivity contribution in [3.8, 4) is 22.6 Å². The Balaban J connectivity index is 1.88. The summed E-state index contributed by atoms with van der Waals surface area (Å²) < 4.78 is 6.46. The van der Waals surface area contributed by atoms with Crippen molar-refractivity contribution in [3.63, 3.8) is 0 Å². The Kier molecular flexibility index (Phi) is 7.83. The molecule has 3 N–H and O–H groups in total. The Labute approximate surface area is 191 Å². The number of phenols is 1. The molecule has 0 saturated carbocycles. The molecule has 0 amide bonds. The highest BCUT2D eigenvalue weighted by Gasteiger charge is 2.33. The summed E-state index contributed by atoms with van der Waals surface area (Å²) in [5.74, 6) is 1.60. The second-order valence-corrected chi connectivity index (χ2v) is 9.58. The minimum absolute atomic E-state index is 0.0514. The normalized spacial score (nSPS) is 23.7. The minimum Gasteiger partial charge on any atom is -0.508 e. The molecule has 3 rings (SSSR count). The molecule has 2 heterocycles. The van der Waals surface area contributed by atoms with Crippen molar-refractivity contribution >= 4 is 0 Å². The first-order chi connectivity index (χ1) is 15.2. The van der Waals surface area contributed by atoms with Gasteiger partial charge in [-0.25, -0.2) is 0 Å². The van der Waals surface area contributed by atoms with E-state index in [1.807, 2.05) is 0 Å². The van der Waals surface area contributed by atoms with Gasteiger partial charge in [0, 0.05) is 11.8 Å². The highest BCUT2D eigenvalue weighted by atomic mass is 16.5. The molecular formula is C27H37NO4. The van der Waals surface area contributed by atoms with Crippen molar-refractivity contribution < 1.29 is 14.9 Å². The fourth-order valence-corrected chi connectivity index (χ4v) is 4.82. The molecule has 1 aliphatic rings. The van der Waals surface area contributed by atoms with Crippen LogP contribution in [-0.2, 0) is 4.74 Å². The van der Waals surface area contributed by atoms with Gasteiger partial charge >= 0.3 is 0 Å². The highest BCUT2D eigenvalue weighted by molar-refractivity contribution is 5.71. The topological polar surface area (TPSA) is 82.5 Å². The maximum absolute atomic E-state index is 12.7. The number of aromatic nitrogens is 1. The molecule has 1 saturated heterocycles. The zero-order valence-corrected chi connectivity index (χ0v) is 19.9. The molecule has 5 heteroatoms. The molecule has 0 unspecified atom stereocenters. The number of aromatic hydroxyl groups is 2. The van der Waals surface area contributed by atoms with Crippen LogP contribution in [0.5, 0.6) is 11.5 Å². The molecule has 1 fully saturated rings. The summed E-state index contributed by atoms with van der Waals surface area (Å²) in [4.78, 5) is 15.5. The van der Waals surface area contributed by atoms with Crippen LogP contribution in [0.4, 0.5) is 0 Å². The van der Waals surface area contributed by atoms with Crippen LogP contribution in [-0.4, -0.2) is 21.3 Å². The first-order valence-corrected chi connectivity index (χ1v) is 11.8. The van der Waals surface area contributed by atoms with Crippen LogP contribution in [0.15, 0.2) is 46.9 Å². The van der Waals surface area contributed by atoms with Crippen LogP contribution >= 0.6 is 0 Å². The Morgan fingerprint density at radius 3 is 2.56 bits per heavy atom. The predicted molar refractivity (Wildman–Crippen MR) is 129 cm³/mol. The average Bonchev–Trinajstić information content (AvgIpc) is 2.75. The summed E-state index contributed by atoms with van der Waals surface area (Å²) in [6.07, 6.45) is 7.20. The second kappa shape index (κ2) is 10.4. The third-order valence-corrected chi connectivity index (χ3v) is 6.78. The Hall–Kier alpha value is -2.53. The van der Waals surface area contributed by atoms with Crippen LogP contribution in [0.2, 0.25) is 0 Å². The van der Waals surface area contributed by atoms with Crippen molar-refractivity contribution in [2.75, 3.05) is 0 Å². The molecule has 1 aromatic heterocycles. The molecule has 2 aromatic rings. The maximum atomic E-state index is 12.7. The molecule has 1 aliphatic heterocycles. The summed E-state index contributed by atoms with van der Waals surface area (Å²) >= 11 is 0. The van der Waals surface area contributed by atoms with Gasteiger partial charge in [0.05, 0.1) is 17.8 Å². The molecule has 0 bridgehead atoms. The van der Waals surface area contributed by atoms with E-state index in [9.17, 15) is 15.0 Å². The summed E-state index contributed by atoms with van der Waals surface area (Å²) in [6.45, 7) is 11.1. The number of hydrogen-bond acceptors (Lipinski definition) is 4. The lowest BCUT2D eigenvalue weighted by Gasteiger charge is -2.36. The third kappa shape index (κ3) is 5.44. The second-order valence-electron chi connectivity index (χ2n) is 9.58.